The van der Waals surface area contributed by atoms with E-state index in [0.29, 0.717) is 18.5 Å². The molecule has 0 radical (unpaired) electrons. The molecule has 2 N–H and O–H groups in total. The van der Waals surface area contributed by atoms with Crippen LogP contribution in [0.1, 0.15) is 30.1 Å². The first-order valence-corrected chi connectivity index (χ1v) is 10.5. The van der Waals surface area contributed by atoms with E-state index in [9.17, 15) is 18.0 Å². The van der Waals surface area contributed by atoms with Crippen molar-refractivity contribution in [2.75, 3.05) is 17.6 Å². The lowest BCUT2D eigenvalue weighted by atomic mass is 10.2. The van der Waals surface area contributed by atoms with Gasteiger partial charge in [0.15, 0.2) is 9.84 Å². The molecule has 0 saturated carbocycles. The van der Waals surface area contributed by atoms with Crippen molar-refractivity contribution < 1.29 is 18.0 Å². The van der Waals surface area contributed by atoms with E-state index in [-0.39, 0.29) is 34.6 Å². The van der Waals surface area contributed by atoms with Crippen LogP contribution in [0.5, 0.6) is 0 Å². The summed E-state index contributed by atoms with van der Waals surface area (Å²) in [6, 6.07) is 8.08. The number of anilines is 1. The number of carbonyl (C=O) groups excluding carboxylic acids is 2. The summed E-state index contributed by atoms with van der Waals surface area (Å²) >= 11 is 1.44. The fourth-order valence-electron chi connectivity index (χ4n) is 2.16. The quantitative estimate of drug-likeness (QED) is 0.689. The lowest BCUT2D eigenvalue weighted by Gasteiger charge is -2.11. The van der Waals surface area contributed by atoms with Gasteiger partial charge in [0, 0.05) is 23.9 Å². The van der Waals surface area contributed by atoms with Gasteiger partial charge in [-0.3, -0.25) is 9.59 Å². The Labute approximate surface area is 151 Å². The Morgan fingerprint density at radius 1 is 1.16 bits per heavy atom. The van der Waals surface area contributed by atoms with Gasteiger partial charge in [-0.25, -0.2) is 8.42 Å². The highest BCUT2D eigenvalue weighted by atomic mass is 32.2. The third-order valence-corrected chi connectivity index (χ3v) is 6.00. The Morgan fingerprint density at radius 2 is 1.92 bits per heavy atom. The van der Waals surface area contributed by atoms with Crippen molar-refractivity contribution in [2.45, 2.75) is 24.7 Å². The van der Waals surface area contributed by atoms with Crippen LogP contribution >= 0.6 is 11.3 Å². The second-order valence-corrected chi connectivity index (χ2v) is 8.35. The summed E-state index contributed by atoms with van der Waals surface area (Å²) in [6.07, 6.45) is 0.648. The van der Waals surface area contributed by atoms with Crippen LogP contribution in [0, 0.1) is 0 Å². The third-order valence-electron chi connectivity index (χ3n) is 3.53. The number of hydrogen-bond donors (Lipinski definition) is 2. The zero-order chi connectivity index (χ0) is 18.3. The number of rotatable bonds is 8. The van der Waals surface area contributed by atoms with Gasteiger partial charge >= 0.3 is 0 Å². The standard InChI is InChI=1S/C17H20N2O4S2/c1-2-25(22,23)15-7-4-3-6-14(15)19-16(20)8-5-10-18-17(21)13-9-11-24-12-13/h3-4,6-7,9,11-12H,2,5,8,10H2,1H3,(H,18,21)(H,19,20). The highest BCUT2D eigenvalue weighted by Gasteiger charge is 2.17. The van der Waals surface area contributed by atoms with Crippen LogP contribution in [0.25, 0.3) is 0 Å². The third kappa shape index (κ3) is 5.40. The average Bonchev–Trinajstić information content (AvgIpc) is 3.13. The number of nitrogens with one attached hydrogen (secondary N) is 2. The molecule has 0 atom stereocenters. The van der Waals surface area contributed by atoms with Crippen molar-refractivity contribution >= 4 is 38.7 Å². The maximum atomic E-state index is 12.1. The highest BCUT2D eigenvalue weighted by molar-refractivity contribution is 7.91. The zero-order valence-corrected chi connectivity index (χ0v) is 15.5. The van der Waals surface area contributed by atoms with Crippen molar-refractivity contribution in [3.63, 3.8) is 0 Å². The maximum Gasteiger partial charge on any atom is 0.252 e. The van der Waals surface area contributed by atoms with E-state index in [0.717, 1.165) is 0 Å². The van der Waals surface area contributed by atoms with Crippen molar-refractivity contribution in [3.8, 4) is 0 Å². The molecule has 0 unspecified atom stereocenters. The lowest BCUT2D eigenvalue weighted by molar-refractivity contribution is -0.116. The number of amides is 2. The summed E-state index contributed by atoms with van der Waals surface area (Å²) in [5.74, 6) is -0.487. The van der Waals surface area contributed by atoms with E-state index in [1.807, 2.05) is 5.38 Å². The molecule has 2 rings (SSSR count). The first kappa shape index (κ1) is 19.1. The summed E-state index contributed by atoms with van der Waals surface area (Å²) in [5, 5.41) is 8.96. The molecule has 6 nitrogen and oxygen atoms in total. The Kier molecular flexibility index (Phi) is 6.72. The van der Waals surface area contributed by atoms with E-state index < -0.39 is 9.84 Å². The minimum Gasteiger partial charge on any atom is -0.352 e. The van der Waals surface area contributed by atoms with E-state index in [1.165, 1.54) is 17.4 Å². The van der Waals surface area contributed by atoms with Crippen LogP contribution in [0.2, 0.25) is 0 Å². The molecule has 0 aliphatic carbocycles. The number of benzene rings is 1. The summed E-state index contributed by atoms with van der Waals surface area (Å²) in [7, 11) is -3.41. The molecular weight excluding hydrogens is 360 g/mol. The minimum absolute atomic E-state index is 0.0332. The van der Waals surface area contributed by atoms with Crippen LogP contribution in [0.15, 0.2) is 46.0 Å². The molecule has 0 bridgehead atoms. The van der Waals surface area contributed by atoms with Crippen molar-refractivity contribution in [2.24, 2.45) is 0 Å². The van der Waals surface area contributed by atoms with Gasteiger partial charge in [-0.2, -0.15) is 11.3 Å². The van der Waals surface area contributed by atoms with Crippen LogP contribution in [0.4, 0.5) is 5.69 Å². The van der Waals surface area contributed by atoms with Crippen LogP contribution in [-0.4, -0.2) is 32.5 Å². The van der Waals surface area contributed by atoms with Gasteiger partial charge < -0.3 is 10.6 Å². The molecule has 1 aromatic carbocycles. The molecule has 1 heterocycles. The van der Waals surface area contributed by atoms with Gasteiger partial charge in [0.2, 0.25) is 5.91 Å². The maximum absolute atomic E-state index is 12.1. The normalized spacial score (nSPS) is 11.1. The summed E-state index contributed by atoms with van der Waals surface area (Å²) in [5.41, 5.74) is 0.893. The monoisotopic (exact) mass is 380 g/mol. The molecule has 0 aliphatic heterocycles. The van der Waals surface area contributed by atoms with Crippen molar-refractivity contribution in [1.82, 2.24) is 5.32 Å². The molecule has 2 amide bonds. The molecule has 25 heavy (non-hydrogen) atoms. The molecule has 0 aliphatic rings. The molecule has 0 fully saturated rings. The van der Waals surface area contributed by atoms with Crippen LogP contribution in [0.3, 0.4) is 0 Å². The molecule has 134 valence electrons. The zero-order valence-electron chi connectivity index (χ0n) is 13.8. The van der Waals surface area contributed by atoms with Crippen molar-refractivity contribution in [3.05, 3.63) is 46.7 Å². The van der Waals surface area contributed by atoms with Crippen LogP contribution < -0.4 is 10.6 Å². The van der Waals surface area contributed by atoms with Gasteiger partial charge in [-0.15, -0.1) is 0 Å². The highest BCUT2D eigenvalue weighted by Crippen LogP contribution is 2.22. The summed E-state index contributed by atoms with van der Waals surface area (Å²) in [6.45, 7) is 1.93. The van der Waals surface area contributed by atoms with Gasteiger partial charge in [-0.05, 0) is 30.0 Å². The predicted molar refractivity (Wildman–Crippen MR) is 98.7 cm³/mol. The van der Waals surface area contributed by atoms with Gasteiger partial charge in [0.1, 0.15) is 0 Å². The predicted octanol–water partition coefficient (Wildman–Crippen LogP) is 2.69. The van der Waals surface area contributed by atoms with Gasteiger partial charge in [-0.1, -0.05) is 19.1 Å². The number of carbonyl (C=O) groups is 2. The second kappa shape index (κ2) is 8.77. The topological polar surface area (TPSA) is 92.3 Å². The molecule has 0 spiro atoms. The first-order chi connectivity index (χ1) is 11.9. The minimum atomic E-state index is -3.41. The summed E-state index contributed by atoms with van der Waals surface area (Å²) in [4.78, 5) is 23.9. The molecular formula is C17H20N2O4S2. The number of sulfone groups is 1. The molecule has 0 saturated heterocycles. The van der Waals surface area contributed by atoms with Crippen LogP contribution in [-0.2, 0) is 14.6 Å². The second-order valence-electron chi connectivity index (χ2n) is 5.32. The smallest absolute Gasteiger partial charge is 0.252 e. The Hall–Kier alpha value is -2.19. The largest absolute Gasteiger partial charge is 0.352 e. The summed E-state index contributed by atoms with van der Waals surface area (Å²) < 4.78 is 24.1. The van der Waals surface area contributed by atoms with Crippen molar-refractivity contribution in [1.29, 1.82) is 0 Å². The molecule has 1 aromatic heterocycles. The van der Waals surface area contributed by atoms with E-state index in [2.05, 4.69) is 10.6 Å². The number of thiophene rings is 1. The van der Waals surface area contributed by atoms with Gasteiger partial charge in [0.25, 0.3) is 5.91 Å². The Balaban J connectivity index is 1.84. The number of hydrogen-bond acceptors (Lipinski definition) is 5. The van der Waals surface area contributed by atoms with E-state index in [1.54, 1.807) is 36.6 Å². The SMILES string of the molecule is CCS(=O)(=O)c1ccccc1NC(=O)CCCNC(=O)c1ccsc1. The Morgan fingerprint density at radius 3 is 2.60 bits per heavy atom. The number of para-hydroxylation sites is 1. The van der Waals surface area contributed by atoms with Gasteiger partial charge in [0.05, 0.1) is 16.3 Å². The average molecular weight is 380 g/mol. The lowest BCUT2D eigenvalue weighted by Crippen LogP contribution is -2.25. The van der Waals surface area contributed by atoms with E-state index in [4.69, 9.17) is 0 Å². The fourth-order valence-corrected chi connectivity index (χ4v) is 3.84. The fraction of sp³-hybridized carbons (Fsp3) is 0.294. The molecule has 2 aromatic rings. The van der Waals surface area contributed by atoms with E-state index >= 15 is 0 Å². The first-order valence-electron chi connectivity index (χ1n) is 7.86. The molecule has 8 heteroatoms. The Bertz CT molecular complexity index is 830.